The van der Waals surface area contributed by atoms with Crippen LogP contribution in [-0.2, 0) is 22.8 Å². The summed E-state index contributed by atoms with van der Waals surface area (Å²) in [6.45, 7) is 1.41. The van der Waals surface area contributed by atoms with Crippen molar-refractivity contribution >= 4 is 28.9 Å². The highest BCUT2D eigenvalue weighted by atomic mass is 35.5. The molecule has 0 aliphatic rings. The lowest BCUT2D eigenvalue weighted by Gasteiger charge is -2.14. The van der Waals surface area contributed by atoms with Crippen LogP contribution in [0.5, 0.6) is 11.6 Å². The molecule has 0 unspecified atom stereocenters. The molecule has 1 heterocycles. The van der Waals surface area contributed by atoms with Gasteiger partial charge in [-0.3, -0.25) is 14.8 Å². The Kier molecular flexibility index (Phi) is 6.02. The lowest BCUT2D eigenvalue weighted by molar-refractivity contribution is -0.384. The van der Waals surface area contributed by atoms with Gasteiger partial charge in [-0.25, -0.2) is 4.79 Å². The lowest BCUT2D eigenvalue weighted by Crippen LogP contribution is -2.27. The maximum atomic E-state index is 13.0. The third-order valence-electron chi connectivity index (χ3n) is 3.53. The van der Waals surface area contributed by atoms with Crippen LogP contribution in [0.1, 0.15) is 12.6 Å². The smallest absolute Gasteiger partial charge is 0.434 e. The van der Waals surface area contributed by atoms with Crippen LogP contribution in [0, 0.1) is 10.1 Å². The Labute approximate surface area is 161 Å². The van der Waals surface area contributed by atoms with E-state index >= 15 is 0 Å². The minimum Gasteiger partial charge on any atom is -0.467 e. The molecule has 2 aromatic rings. The number of alkyl halides is 3. The monoisotopic (exact) mass is 422 g/mol. The first-order chi connectivity index (χ1) is 13.0. The number of benzene rings is 1. The van der Waals surface area contributed by atoms with Crippen LogP contribution in [0.25, 0.3) is 0 Å². The van der Waals surface area contributed by atoms with Crippen LogP contribution in [0.3, 0.4) is 0 Å². The molecule has 1 atom stereocenters. The van der Waals surface area contributed by atoms with Gasteiger partial charge in [0, 0.05) is 19.2 Å². The van der Waals surface area contributed by atoms with Gasteiger partial charge in [0.05, 0.1) is 12.0 Å². The number of nitrogens with one attached hydrogen (secondary N) is 1. The molecule has 0 amide bonds. The van der Waals surface area contributed by atoms with E-state index in [-0.39, 0.29) is 17.1 Å². The number of carbonyl (C=O) groups is 1. The van der Waals surface area contributed by atoms with E-state index in [4.69, 9.17) is 16.3 Å². The van der Waals surface area contributed by atoms with Gasteiger partial charge in [-0.1, -0.05) is 11.6 Å². The van der Waals surface area contributed by atoms with Gasteiger partial charge in [0.2, 0.25) is 0 Å². The first-order valence-corrected chi connectivity index (χ1v) is 7.93. The number of hydrogen-bond donors (Lipinski definition) is 1. The summed E-state index contributed by atoms with van der Waals surface area (Å²) in [5.41, 5.74) is -1.70. The van der Waals surface area contributed by atoms with E-state index in [0.717, 1.165) is 32.4 Å². The number of nitrogens with zero attached hydrogens (tertiary/aromatic N) is 3. The van der Waals surface area contributed by atoms with Crippen molar-refractivity contribution in [2.24, 2.45) is 7.05 Å². The Hall–Kier alpha value is -3.02. The number of carbonyl (C=O) groups excluding carboxylic acids is 1. The van der Waals surface area contributed by atoms with Gasteiger partial charge in [-0.15, -0.1) is 5.10 Å². The van der Waals surface area contributed by atoms with Gasteiger partial charge in [0.15, 0.2) is 5.69 Å². The second-order valence-corrected chi connectivity index (χ2v) is 5.89. The zero-order valence-corrected chi connectivity index (χ0v) is 15.5. The van der Waals surface area contributed by atoms with Crippen molar-refractivity contribution in [1.82, 2.24) is 9.78 Å². The minimum atomic E-state index is -4.75. The van der Waals surface area contributed by atoms with Crippen molar-refractivity contribution in [3.63, 3.8) is 0 Å². The van der Waals surface area contributed by atoms with Crippen LogP contribution in [0.4, 0.5) is 24.5 Å². The largest absolute Gasteiger partial charge is 0.467 e. The first kappa shape index (κ1) is 21.3. The summed E-state index contributed by atoms with van der Waals surface area (Å²) in [6.07, 6.45) is -4.75. The fraction of sp³-hybridized carbons (Fsp3) is 0.333. The average Bonchev–Trinajstić information content (AvgIpc) is 2.87. The molecule has 0 saturated carbocycles. The third-order valence-corrected chi connectivity index (χ3v) is 3.88. The lowest BCUT2D eigenvalue weighted by atomic mass is 10.2. The normalized spacial score (nSPS) is 12.4. The standard InChI is InChI=1S/C15H14ClF3N4O5/c1-7(14(24)27-3)20-9-6-8(4-5-10(9)23(25)26)28-13-11(16)12(15(17,18)19)22(2)21-13/h4-7,20H,1-3H3/t7-/m1/s1. The second-order valence-electron chi connectivity index (χ2n) is 5.52. The second kappa shape index (κ2) is 7.92. The molecule has 0 radical (unpaired) electrons. The van der Waals surface area contributed by atoms with E-state index in [1.54, 1.807) is 0 Å². The Bertz CT molecular complexity index is 916. The predicted octanol–water partition coefficient (Wildman–Crippen LogP) is 3.77. The number of halogens is 4. The maximum Gasteiger partial charge on any atom is 0.434 e. The molecular weight excluding hydrogens is 409 g/mol. The Morgan fingerprint density at radius 2 is 2.07 bits per heavy atom. The Morgan fingerprint density at radius 1 is 1.43 bits per heavy atom. The van der Waals surface area contributed by atoms with E-state index in [2.05, 4.69) is 15.2 Å². The van der Waals surface area contributed by atoms with Gasteiger partial charge in [-0.2, -0.15) is 13.2 Å². The molecule has 0 fully saturated rings. The molecule has 28 heavy (non-hydrogen) atoms. The summed E-state index contributed by atoms with van der Waals surface area (Å²) in [5, 5.41) is 16.6. The van der Waals surface area contributed by atoms with Crippen molar-refractivity contribution in [1.29, 1.82) is 0 Å². The maximum absolute atomic E-state index is 13.0. The van der Waals surface area contributed by atoms with E-state index in [0.29, 0.717) is 4.68 Å². The third kappa shape index (κ3) is 4.44. The quantitative estimate of drug-likeness (QED) is 0.429. The zero-order chi connectivity index (χ0) is 21.2. The average molecular weight is 423 g/mol. The number of esters is 1. The molecule has 13 heteroatoms. The van der Waals surface area contributed by atoms with Crippen molar-refractivity contribution < 1.29 is 32.4 Å². The predicted molar refractivity (Wildman–Crippen MR) is 91.5 cm³/mol. The van der Waals surface area contributed by atoms with Crippen LogP contribution in [-0.4, -0.2) is 33.8 Å². The summed E-state index contributed by atoms with van der Waals surface area (Å²) >= 11 is 5.72. The van der Waals surface area contributed by atoms with Crippen LogP contribution in [0.15, 0.2) is 18.2 Å². The molecular formula is C15H14ClF3N4O5. The van der Waals surface area contributed by atoms with Crippen molar-refractivity contribution in [2.45, 2.75) is 19.1 Å². The molecule has 1 aromatic heterocycles. The van der Waals surface area contributed by atoms with E-state index in [1.807, 2.05) is 0 Å². The molecule has 9 nitrogen and oxygen atoms in total. The molecule has 2 rings (SSSR count). The van der Waals surface area contributed by atoms with Gasteiger partial charge < -0.3 is 14.8 Å². The fourth-order valence-corrected chi connectivity index (χ4v) is 2.59. The van der Waals surface area contributed by atoms with Gasteiger partial charge >= 0.3 is 12.1 Å². The SMILES string of the molecule is COC(=O)[C@@H](C)Nc1cc(Oc2nn(C)c(C(F)(F)F)c2Cl)ccc1[N+](=O)[O-]. The Morgan fingerprint density at radius 3 is 2.57 bits per heavy atom. The molecule has 0 spiro atoms. The summed E-state index contributed by atoms with van der Waals surface area (Å²) in [4.78, 5) is 22.0. The van der Waals surface area contributed by atoms with Crippen molar-refractivity contribution in [3.8, 4) is 11.6 Å². The molecule has 1 N–H and O–H groups in total. The summed E-state index contributed by atoms with van der Waals surface area (Å²) in [7, 11) is 2.19. The molecule has 0 bridgehead atoms. The highest BCUT2D eigenvalue weighted by Gasteiger charge is 2.39. The number of aryl methyl sites for hydroxylation is 1. The molecule has 1 aromatic carbocycles. The number of nitro groups is 1. The van der Waals surface area contributed by atoms with Crippen molar-refractivity contribution in [2.75, 3.05) is 12.4 Å². The number of methoxy groups -OCH3 is 1. The number of aromatic nitrogens is 2. The molecule has 0 aliphatic carbocycles. The first-order valence-electron chi connectivity index (χ1n) is 7.56. The topological polar surface area (TPSA) is 109 Å². The molecule has 0 aliphatic heterocycles. The number of ether oxygens (including phenoxy) is 2. The van der Waals surface area contributed by atoms with Gasteiger partial charge in [-0.05, 0) is 13.0 Å². The van der Waals surface area contributed by atoms with E-state index < -0.39 is 39.7 Å². The number of nitro benzene ring substituents is 1. The van der Waals surface area contributed by atoms with Crippen LogP contribution >= 0.6 is 11.6 Å². The highest BCUT2D eigenvalue weighted by molar-refractivity contribution is 6.32. The number of anilines is 1. The Balaban J connectivity index is 2.39. The fourth-order valence-electron chi connectivity index (χ4n) is 2.28. The summed E-state index contributed by atoms with van der Waals surface area (Å²) in [6, 6.07) is 2.41. The van der Waals surface area contributed by atoms with Crippen LogP contribution < -0.4 is 10.1 Å². The van der Waals surface area contributed by atoms with Gasteiger partial charge in [0.25, 0.3) is 11.6 Å². The zero-order valence-electron chi connectivity index (χ0n) is 14.7. The summed E-state index contributed by atoms with van der Waals surface area (Å²) < 4.78 is 49.3. The summed E-state index contributed by atoms with van der Waals surface area (Å²) in [5.74, 6) is -1.29. The number of hydrogen-bond acceptors (Lipinski definition) is 7. The van der Waals surface area contributed by atoms with Crippen LogP contribution in [0.2, 0.25) is 5.02 Å². The number of rotatable bonds is 6. The molecule has 0 saturated heterocycles. The van der Waals surface area contributed by atoms with Gasteiger partial charge in [0.1, 0.15) is 22.5 Å². The van der Waals surface area contributed by atoms with E-state index in [1.165, 1.54) is 6.92 Å². The minimum absolute atomic E-state index is 0.0844. The molecule has 152 valence electrons. The van der Waals surface area contributed by atoms with Crippen molar-refractivity contribution in [3.05, 3.63) is 39.0 Å². The van der Waals surface area contributed by atoms with E-state index in [9.17, 15) is 28.1 Å². The highest BCUT2D eigenvalue weighted by Crippen LogP contribution is 2.41.